The van der Waals surface area contributed by atoms with E-state index in [0.29, 0.717) is 0 Å². The van der Waals surface area contributed by atoms with Crippen molar-refractivity contribution in [3.05, 3.63) is 0 Å². The van der Waals surface area contributed by atoms with Crippen LogP contribution in [0.4, 0.5) is 0 Å². The molecule has 0 heterocycles. The van der Waals surface area contributed by atoms with Crippen LogP contribution in [0.2, 0.25) is 0 Å². The number of hydrogen-bond acceptors (Lipinski definition) is 0. The first-order valence-corrected chi connectivity index (χ1v) is 4.69. The fourth-order valence-corrected chi connectivity index (χ4v) is 1.44. The molecule has 0 aliphatic rings. The van der Waals surface area contributed by atoms with E-state index in [9.17, 15) is 0 Å². The molecule has 0 bridgehead atoms. The summed E-state index contributed by atoms with van der Waals surface area (Å²) in [5.41, 5.74) is 0. The summed E-state index contributed by atoms with van der Waals surface area (Å²) in [6.45, 7) is 6.77. The van der Waals surface area contributed by atoms with Gasteiger partial charge in [-0.3, -0.25) is 0 Å². The van der Waals surface area contributed by atoms with E-state index in [1.54, 1.807) is 0 Å². The molecule has 0 aliphatic carbocycles. The molecule has 0 aromatic heterocycles. The normalized spacial score (nSPS) is 15.5. The van der Waals surface area contributed by atoms with E-state index >= 15 is 0 Å². The second-order valence-electron chi connectivity index (χ2n) is 3.34. The maximum atomic E-state index is 5.30. The van der Waals surface area contributed by atoms with Gasteiger partial charge in [0.2, 0.25) is 0 Å². The molecule has 0 nitrogen and oxygen atoms in total. The molecule has 64 valence electrons. The van der Waals surface area contributed by atoms with Crippen LogP contribution >= 0.6 is 0 Å². The van der Waals surface area contributed by atoms with Crippen LogP contribution in [0.3, 0.4) is 0 Å². The lowest BCUT2D eigenvalue weighted by Gasteiger charge is -2.19. The first-order valence-electron chi connectivity index (χ1n) is 4.69. The van der Waals surface area contributed by atoms with E-state index < -0.39 is 0 Å². The fraction of sp³-hybridized carbons (Fsp3) is 0.818. The Labute approximate surface area is 71.4 Å². The highest BCUT2D eigenvalue weighted by Gasteiger charge is 2.12. The highest BCUT2D eigenvalue weighted by molar-refractivity contribution is 4.87. The Morgan fingerprint density at radius 1 is 1.36 bits per heavy atom. The van der Waals surface area contributed by atoms with Crippen LogP contribution in [0.15, 0.2) is 0 Å². The molecule has 0 saturated heterocycles. The zero-order valence-electron chi connectivity index (χ0n) is 8.06. The summed E-state index contributed by atoms with van der Waals surface area (Å²) in [5.74, 6) is 4.32. The summed E-state index contributed by atoms with van der Waals surface area (Å²) in [6, 6.07) is 0. The molecule has 2 atom stereocenters. The van der Waals surface area contributed by atoms with Crippen molar-refractivity contribution < 1.29 is 0 Å². The minimum absolute atomic E-state index is 0.759. The number of rotatable bonds is 5. The van der Waals surface area contributed by atoms with Crippen LogP contribution in [0, 0.1) is 24.2 Å². The van der Waals surface area contributed by atoms with Gasteiger partial charge < -0.3 is 0 Å². The van der Waals surface area contributed by atoms with Crippen LogP contribution in [0.5, 0.6) is 0 Å². The fourth-order valence-electron chi connectivity index (χ4n) is 1.44. The van der Waals surface area contributed by atoms with Gasteiger partial charge in [-0.15, -0.1) is 12.3 Å². The van der Waals surface area contributed by atoms with Crippen molar-refractivity contribution in [2.24, 2.45) is 11.8 Å². The van der Waals surface area contributed by atoms with E-state index in [1.807, 2.05) is 0 Å². The standard InChI is InChI=1S/C11H20/c1-5-8-11(9-6-2)10(4)7-3/h1,10-11H,6-9H2,2-4H3. The Balaban J connectivity index is 3.78. The first kappa shape index (κ1) is 10.6. The molecule has 0 N–H and O–H groups in total. The minimum atomic E-state index is 0.759. The Kier molecular flexibility index (Phi) is 6.03. The van der Waals surface area contributed by atoms with Crippen molar-refractivity contribution in [3.8, 4) is 12.3 Å². The smallest absolute Gasteiger partial charge is 0.0117 e. The SMILES string of the molecule is C#CCC(CCC)C(C)CC. The number of hydrogen-bond donors (Lipinski definition) is 0. The summed E-state index contributed by atoms with van der Waals surface area (Å²) in [4.78, 5) is 0. The highest BCUT2D eigenvalue weighted by atomic mass is 14.2. The van der Waals surface area contributed by atoms with Gasteiger partial charge in [-0.05, 0) is 18.3 Å². The molecule has 0 aromatic rings. The van der Waals surface area contributed by atoms with Gasteiger partial charge in [0, 0.05) is 6.42 Å². The lowest BCUT2D eigenvalue weighted by Crippen LogP contribution is -2.09. The Morgan fingerprint density at radius 2 is 2.00 bits per heavy atom. The average Bonchev–Trinajstić information content (AvgIpc) is 2.03. The van der Waals surface area contributed by atoms with Crippen LogP contribution in [-0.2, 0) is 0 Å². The molecule has 2 unspecified atom stereocenters. The van der Waals surface area contributed by atoms with Gasteiger partial charge in [-0.25, -0.2) is 0 Å². The van der Waals surface area contributed by atoms with E-state index in [4.69, 9.17) is 6.42 Å². The molecule has 0 spiro atoms. The van der Waals surface area contributed by atoms with Crippen molar-refractivity contribution in [1.82, 2.24) is 0 Å². The Hall–Kier alpha value is -0.440. The molecule has 0 heteroatoms. The average molecular weight is 152 g/mol. The second-order valence-corrected chi connectivity index (χ2v) is 3.34. The predicted octanol–water partition coefficient (Wildman–Crippen LogP) is 3.47. The van der Waals surface area contributed by atoms with Crippen molar-refractivity contribution >= 4 is 0 Å². The summed E-state index contributed by atoms with van der Waals surface area (Å²) < 4.78 is 0. The third kappa shape index (κ3) is 4.09. The zero-order chi connectivity index (χ0) is 8.69. The van der Waals surface area contributed by atoms with Gasteiger partial charge >= 0.3 is 0 Å². The van der Waals surface area contributed by atoms with Crippen molar-refractivity contribution in [2.45, 2.75) is 46.5 Å². The van der Waals surface area contributed by atoms with E-state index in [2.05, 4.69) is 26.7 Å². The van der Waals surface area contributed by atoms with Gasteiger partial charge in [0.05, 0.1) is 0 Å². The third-order valence-electron chi connectivity index (χ3n) is 2.49. The van der Waals surface area contributed by atoms with Gasteiger partial charge in [-0.2, -0.15) is 0 Å². The van der Waals surface area contributed by atoms with Gasteiger partial charge in [0.25, 0.3) is 0 Å². The second kappa shape index (κ2) is 6.28. The van der Waals surface area contributed by atoms with E-state index in [-0.39, 0.29) is 0 Å². The molecule has 0 radical (unpaired) electrons. The van der Waals surface area contributed by atoms with Crippen LogP contribution in [-0.4, -0.2) is 0 Å². The molecule has 0 rings (SSSR count). The first-order chi connectivity index (χ1) is 5.26. The van der Waals surface area contributed by atoms with Crippen LogP contribution < -0.4 is 0 Å². The van der Waals surface area contributed by atoms with Crippen LogP contribution in [0.1, 0.15) is 46.5 Å². The monoisotopic (exact) mass is 152 g/mol. The molecule has 0 saturated carbocycles. The van der Waals surface area contributed by atoms with Crippen molar-refractivity contribution in [3.63, 3.8) is 0 Å². The molecule has 0 aliphatic heterocycles. The van der Waals surface area contributed by atoms with Gasteiger partial charge in [-0.1, -0.05) is 33.6 Å². The third-order valence-corrected chi connectivity index (χ3v) is 2.49. The van der Waals surface area contributed by atoms with Crippen LogP contribution in [0.25, 0.3) is 0 Å². The molecular formula is C11H20. The number of terminal acetylenes is 1. The minimum Gasteiger partial charge on any atom is -0.120 e. The van der Waals surface area contributed by atoms with Crippen molar-refractivity contribution in [2.75, 3.05) is 0 Å². The molecule has 0 amide bonds. The Morgan fingerprint density at radius 3 is 2.36 bits per heavy atom. The van der Waals surface area contributed by atoms with Crippen molar-refractivity contribution in [1.29, 1.82) is 0 Å². The largest absolute Gasteiger partial charge is 0.120 e. The lowest BCUT2D eigenvalue weighted by atomic mass is 9.86. The van der Waals surface area contributed by atoms with E-state index in [1.165, 1.54) is 19.3 Å². The van der Waals surface area contributed by atoms with Gasteiger partial charge in [0.15, 0.2) is 0 Å². The molecular weight excluding hydrogens is 132 g/mol. The zero-order valence-corrected chi connectivity index (χ0v) is 8.06. The quantitative estimate of drug-likeness (QED) is 0.529. The Bertz CT molecular complexity index is 118. The van der Waals surface area contributed by atoms with Gasteiger partial charge in [0.1, 0.15) is 0 Å². The predicted molar refractivity (Wildman–Crippen MR) is 51.3 cm³/mol. The molecule has 0 fully saturated rings. The maximum absolute atomic E-state index is 5.30. The molecule has 11 heavy (non-hydrogen) atoms. The molecule has 0 aromatic carbocycles. The summed E-state index contributed by atoms with van der Waals surface area (Å²) in [7, 11) is 0. The maximum Gasteiger partial charge on any atom is 0.0117 e. The summed E-state index contributed by atoms with van der Waals surface area (Å²) in [6.07, 6.45) is 10.1. The lowest BCUT2D eigenvalue weighted by molar-refractivity contribution is 0.331. The summed E-state index contributed by atoms with van der Waals surface area (Å²) in [5, 5.41) is 0. The highest BCUT2D eigenvalue weighted by Crippen LogP contribution is 2.22. The topological polar surface area (TPSA) is 0 Å². The summed E-state index contributed by atoms with van der Waals surface area (Å²) >= 11 is 0. The van der Waals surface area contributed by atoms with E-state index in [0.717, 1.165) is 18.3 Å².